The van der Waals surface area contributed by atoms with E-state index >= 15 is 0 Å². The standard InChI is InChI=1S/C21H29N3O2S.ClH/c1-13(23-19(25)17-7-5-6-12-21(17,3)22)18-14(2)24-20(27-18)15-8-10-16(26-4)11-9-15;/h8-11,13,17H,5-7,12,22H2,1-4H3,(H,23,25);1H. The molecule has 2 aromatic rings. The smallest absolute Gasteiger partial charge is 0.225 e. The van der Waals surface area contributed by atoms with Gasteiger partial charge in [-0.05, 0) is 57.9 Å². The lowest BCUT2D eigenvalue weighted by atomic mass is 9.74. The molecule has 3 unspecified atom stereocenters. The van der Waals surface area contributed by atoms with Crippen LogP contribution in [-0.2, 0) is 4.79 Å². The van der Waals surface area contributed by atoms with Crippen LogP contribution in [0.1, 0.15) is 56.1 Å². The molecular weight excluding hydrogens is 394 g/mol. The summed E-state index contributed by atoms with van der Waals surface area (Å²) >= 11 is 1.62. The van der Waals surface area contributed by atoms with Gasteiger partial charge in [-0.1, -0.05) is 12.8 Å². The summed E-state index contributed by atoms with van der Waals surface area (Å²) in [4.78, 5) is 18.6. The topological polar surface area (TPSA) is 77.2 Å². The van der Waals surface area contributed by atoms with Gasteiger partial charge in [-0.2, -0.15) is 0 Å². The number of nitrogens with one attached hydrogen (secondary N) is 1. The fourth-order valence-corrected chi connectivity index (χ4v) is 4.91. The number of benzene rings is 1. The Morgan fingerprint density at radius 3 is 2.64 bits per heavy atom. The normalized spacial score (nSPS) is 22.8. The number of nitrogens with two attached hydrogens (primary N) is 1. The molecular formula is C21H30ClN3O2S. The third-order valence-electron chi connectivity index (χ3n) is 5.49. The SMILES string of the molecule is COc1ccc(-c2nc(C)c(C(C)NC(=O)C3CCCCC3(C)N)s2)cc1.Cl. The number of rotatable bonds is 5. The summed E-state index contributed by atoms with van der Waals surface area (Å²) in [6, 6.07) is 7.79. The van der Waals surface area contributed by atoms with Crippen LogP contribution in [0.3, 0.4) is 0 Å². The molecule has 154 valence electrons. The van der Waals surface area contributed by atoms with Crippen molar-refractivity contribution in [1.82, 2.24) is 10.3 Å². The molecule has 0 spiro atoms. The Kier molecular flexibility index (Phi) is 7.48. The van der Waals surface area contributed by atoms with Crippen LogP contribution in [0.4, 0.5) is 0 Å². The molecule has 0 saturated heterocycles. The molecule has 3 N–H and O–H groups in total. The zero-order valence-corrected chi connectivity index (χ0v) is 18.6. The molecule has 1 aromatic carbocycles. The maximum absolute atomic E-state index is 12.8. The first kappa shape index (κ1) is 22.7. The number of hydrogen-bond donors (Lipinski definition) is 2. The summed E-state index contributed by atoms with van der Waals surface area (Å²) in [5.41, 5.74) is 7.98. The molecule has 1 amide bonds. The van der Waals surface area contributed by atoms with E-state index in [1.54, 1.807) is 18.4 Å². The zero-order chi connectivity index (χ0) is 19.6. The summed E-state index contributed by atoms with van der Waals surface area (Å²) in [6.45, 7) is 6.02. The number of nitrogens with zero attached hydrogens (tertiary/aromatic N) is 1. The molecule has 0 aliphatic heterocycles. The molecule has 28 heavy (non-hydrogen) atoms. The lowest BCUT2D eigenvalue weighted by molar-refractivity contribution is -0.128. The number of ether oxygens (including phenoxy) is 1. The Morgan fingerprint density at radius 2 is 2.04 bits per heavy atom. The van der Waals surface area contributed by atoms with Gasteiger partial charge in [0.15, 0.2) is 0 Å². The highest BCUT2D eigenvalue weighted by Gasteiger charge is 2.38. The third kappa shape index (κ3) is 4.85. The Hall–Kier alpha value is -1.63. The fourth-order valence-electron chi connectivity index (χ4n) is 3.84. The number of carbonyl (C=O) groups is 1. The first-order chi connectivity index (χ1) is 12.8. The van der Waals surface area contributed by atoms with Crippen LogP contribution in [0, 0.1) is 12.8 Å². The van der Waals surface area contributed by atoms with E-state index in [2.05, 4.69) is 5.32 Å². The highest BCUT2D eigenvalue weighted by Crippen LogP contribution is 2.35. The fraction of sp³-hybridized carbons (Fsp3) is 0.524. The summed E-state index contributed by atoms with van der Waals surface area (Å²) < 4.78 is 5.22. The molecule has 1 aliphatic rings. The number of methoxy groups -OCH3 is 1. The Morgan fingerprint density at radius 1 is 1.36 bits per heavy atom. The van der Waals surface area contributed by atoms with Gasteiger partial charge in [-0.25, -0.2) is 4.98 Å². The Balaban J connectivity index is 0.00000280. The molecule has 0 radical (unpaired) electrons. The molecule has 5 nitrogen and oxygen atoms in total. The predicted molar refractivity (Wildman–Crippen MR) is 117 cm³/mol. The van der Waals surface area contributed by atoms with Crippen molar-refractivity contribution in [2.75, 3.05) is 7.11 Å². The molecule has 1 aliphatic carbocycles. The number of halogens is 1. The van der Waals surface area contributed by atoms with E-state index in [0.29, 0.717) is 0 Å². The molecule has 0 bridgehead atoms. The second-order valence-corrected chi connectivity index (χ2v) is 8.76. The van der Waals surface area contributed by atoms with E-state index in [1.807, 2.05) is 45.0 Å². The Labute approximate surface area is 177 Å². The highest BCUT2D eigenvalue weighted by atomic mass is 35.5. The summed E-state index contributed by atoms with van der Waals surface area (Å²) in [6.07, 6.45) is 3.94. The minimum absolute atomic E-state index is 0. The predicted octanol–water partition coefficient (Wildman–Crippen LogP) is 4.63. The van der Waals surface area contributed by atoms with Crippen molar-refractivity contribution in [3.63, 3.8) is 0 Å². The van der Waals surface area contributed by atoms with Crippen molar-refractivity contribution < 1.29 is 9.53 Å². The van der Waals surface area contributed by atoms with Crippen LogP contribution in [0.15, 0.2) is 24.3 Å². The molecule has 7 heteroatoms. The maximum Gasteiger partial charge on any atom is 0.225 e. The van der Waals surface area contributed by atoms with Crippen molar-refractivity contribution in [2.45, 2.75) is 58.0 Å². The van der Waals surface area contributed by atoms with Crippen LogP contribution in [0.25, 0.3) is 10.6 Å². The van der Waals surface area contributed by atoms with Gasteiger partial charge < -0.3 is 15.8 Å². The summed E-state index contributed by atoms with van der Waals surface area (Å²) in [5, 5.41) is 4.13. The van der Waals surface area contributed by atoms with Gasteiger partial charge in [0.1, 0.15) is 10.8 Å². The molecule has 1 aromatic heterocycles. The number of hydrogen-bond acceptors (Lipinski definition) is 5. The summed E-state index contributed by atoms with van der Waals surface area (Å²) in [7, 11) is 1.66. The second kappa shape index (κ2) is 9.25. The quantitative estimate of drug-likeness (QED) is 0.734. The van der Waals surface area contributed by atoms with Gasteiger partial charge in [0, 0.05) is 11.1 Å². The number of carbonyl (C=O) groups excluding carboxylic acids is 1. The Bertz CT molecular complexity index is 804. The number of aromatic nitrogens is 1. The first-order valence-electron chi connectivity index (χ1n) is 9.53. The van der Waals surface area contributed by atoms with Crippen LogP contribution in [0.2, 0.25) is 0 Å². The molecule has 3 rings (SSSR count). The zero-order valence-electron chi connectivity index (χ0n) is 17.0. The van der Waals surface area contributed by atoms with Crippen molar-refractivity contribution >= 4 is 29.7 Å². The van der Waals surface area contributed by atoms with Gasteiger partial charge in [0.25, 0.3) is 0 Å². The number of aryl methyl sites for hydroxylation is 1. The second-order valence-electron chi connectivity index (χ2n) is 7.73. The largest absolute Gasteiger partial charge is 0.497 e. The van der Waals surface area contributed by atoms with Crippen molar-refractivity contribution in [3.8, 4) is 16.3 Å². The average molecular weight is 424 g/mol. The maximum atomic E-state index is 12.8. The van der Waals surface area contributed by atoms with Crippen molar-refractivity contribution in [2.24, 2.45) is 11.7 Å². The molecule has 1 fully saturated rings. The van der Waals surface area contributed by atoms with Crippen LogP contribution in [0.5, 0.6) is 5.75 Å². The molecule has 1 saturated carbocycles. The lowest BCUT2D eigenvalue weighted by Gasteiger charge is -2.37. The van der Waals surface area contributed by atoms with E-state index in [4.69, 9.17) is 15.5 Å². The van der Waals surface area contributed by atoms with Gasteiger partial charge >= 0.3 is 0 Å². The van der Waals surface area contributed by atoms with E-state index in [9.17, 15) is 4.79 Å². The summed E-state index contributed by atoms with van der Waals surface area (Å²) in [5.74, 6) is 0.763. The van der Waals surface area contributed by atoms with Crippen molar-refractivity contribution in [3.05, 3.63) is 34.8 Å². The van der Waals surface area contributed by atoms with E-state index in [0.717, 1.165) is 52.6 Å². The third-order valence-corrected chi connectivity index (χ3v) is 6.88. The minimum Gasteiger partial charge on any atom is -0.497 e. The van der Waals surface area contributed by atoms with Crippen molar-refractivity contribution in [1.29, 1.82) is 0 Å². The van der Waals surface area contributed by atoms with Gasteiger partial charge in [0.05, 0.1) is 29.6 Å². The monoisotopic (exact) mass is 423 g/mol. The lowest BCUT2D eigenvalue weighted by Crippen LogP contribution is -2.53. The number of thiazole rings is 1. The molecule has 3 atom stereocenters. The van der Waals surface area contributed by atoms with Crippen LogP contribution >= 0.6 is 23.7 Å². The van der Waals surface area contributed by atoms with Crippen LogP contribution < -0.4 is 15.8 Å². The average Bonchev–Trinajstić information content (AvgIpc) is 3.03. The minimum atomic E-state index is -0.418. The van der Waals surface area contributed by atoms with Gasteiger partial charge in [0.2, 0.25) is 5.91 Å². The van der Waals surface area contributed by atoms with E-state index < -0.39 is 5.54 Å². The van der Waals surface area contributed by atoms with Gasteiger partial charge in [-0.3, -0.25) is 4.79 Å². The van der Waals surface area contributed by atoms with Gasteiger partial charge in [-0.15, -0.1) is 23.7 Å². The van der Waals surface area contributed by atoms with Crippen LogP contribution in [-0.4, -0.2) is 23.5 Å². The van der Waals surface area contributed by atoms with E-state index in [-0.39, 0.29) is 30.3 Å². The number of amides is 1. The highest BCUT2D eigenvalue weighted by molar-refractivity contribution is 7.15. The molecule has 1 heterocycles. The van der Waals surface area contributed by atoms with E-state index in [1.165, 1.54) is 0 Å². The first-order valence-corrected chi connectivity index (χ1v) is 10.3.